The standard InChI is InChI=1S/C18H36N2/c1-13-7-5-8-14(2)17(13)19-11-12-20-18-15(3)9-6-10-16(18)4/h13-20H,5-12H2,1-4H3. The second kappa shape index (κ2) is 7.79. The number of hydrogen-bond acceptors (Lipinski definition) is 2. The molecule has 0 spiro atoms. The first-order valence-corrected chi connectivity index (χ1v) is 9.06. The second-order valence-corrected chi connectivity index (χ2v) is 7.73. The summed E-state index contributed by atoms with van der Waals surface area (Å²) in [6.07, 6.45) is 8.49. The predicted octanol–water partition coefficient (Wildman–Crippen LogP) is 3.82. The lowest BCUT2D eigenvalue weighted by Gasteiger charge is -2.37. The summed E-state index contributed by atoms with van der Waals surface area (Å²) < 4.78 is 0. The van der Waals surface area contributed by atoms with Crippen LogP contribution in [0.4, 0.5) is 0 Å². The lowest BCUT2D eigenvalue weighted by Crippen LogP contribution is -2.48. The van der Waals surface area contributed by atoms with E-state index in [1.54, 1.807) is 0 Å². The van der Waals surface area contributed by atoms with E-state index in [0.717, 1.165) is 48.8 Å². The molecule has 2 heteroatoms. The molecule has 0 bridgehead atoms. The molecule has 0 aromatic carbocycles. The molecule has 2 saturated carbocycles. The second-order valence-electron chi connectivity index (χ2n) is 7.73. The summed E-state index contributed by atoms with van der Waals surface area (Å²) in [6, 6.07) is 1.48. The van der Waals surface area contributed by atoms with Crippen LogP contribution in [0.25, 0.3) is 0 Å². The van der Waals surface area contributed by atoms with Crippen molar-refractivity contribution in [3.8, 4) is 0 Å². The number of hydrogen-bond donors (Lipinski definition) is 2. The van der Waals surface area contributed by atoms with Gasteiger partial charge in [0.15, 0.2) is 0 Å². The quantitative estimate of drug-likeness (QED) is 0.748. The molecule has 0 amide bonds. The minimum Gasteiger partial charge on any atom is -0.312 e. The highest BCUT2D eigenvalue weighted by Crippen LogP contribution is 2.29. The van der Waals surface area contributed by atoms with Crippen molar-refractivity contribution in [2.75, 3.05) is 13.1 Å². The van der Waals surface area contributed by atoms with Crippen LogP contribution < -0.4 is 10.6 Å². The highest BCUT2D eigenvalue weighted by atomic mass is 15.0. The molecule has 4 unspecified atom stereocenters. The first-order chi connectivity index (χ1) is 9.59. The summed E-state index contributed by atoms with van der Waals surface area (Å²) in [6.45, 7) is 12.0. The number of rotatable bonds is 5. The summed E-state index contributed by atoms with van der Waals surface area (Å²) >= 11 is 0. The molecule has 0 aromatic heterocycles. The summed E-state index contributed by atoms with van der Waals surface area (Å²) in [5.74, 6) is 3.41. The Morgan fingerprint density at radius 1 is 0.600 bits per heavy atom. The van der Waals surface area contributed by atoms with E-state index in [9.17, 15) is 0 Å². The molecule has 20 heavy (non-hydrogen) atoms. The van der Waals surface area contributed by atoms with Crippen LogP contribution in [0.2, 0.25) is 0 Å². The smallest absolute Gasteiger partial charge is 0.0119 e. The summed E-state index contributed by atoms with van der Waals surface area (Å²) in [7, 11) is 0. The van der Waals surface area contributed by atoms with E-state index in [2.05, 4.69) is 38.3 Å². The minimum absolute atomic E-state index is 0.742. The fraction of sp³-hybridized carbons (Fsp3) is 1.00. The van der Waals surface area contributed by atoms with Crippen molar-refractivity contribution in [3.63, 3.8) is 0 Å². The Hall–Kier alpha value is -0.0800. The summed E-state index contributed by atoms with van der Waals surface area (Å²) in [4.78, 5) is 0. The topological polar surface area (TPSA) is 24.1 Å². The van der Waals surface area contributed by atoms with Gasteiger partial charge < -0.3 is 10.6 Å². The Morgan fingerprint density at radius 3 is 1.20 bits per heavy atom. The lowest BCUT2D eigenvalue weighted by molar-refractivity contribution is 0.194. The van der Waals surface area contributed by atoms with E-state index in [4.69, 9.17) is 0 Å². The average Bonchev–Trinajstić information content (AvgIpc) is 2.40. The monoisotopic (exact) mass is 280 g/mol. The van der Waals surface area contributed by atoms with Crippen LogP contribution in [0.5, 0.6) is 0 Å². The third kappa shape index (κ3) is 4.21. The Morgan fingerprint density at radius 2 is 0.900 bits per heavy atom. The van der Waals surface area contributed by atoms with Crippen LogP contribution in [0, 0.1) is 23.7 Å². The number of nitrogens with one attached hydrogen (secondary N) is 2. The normalized spacial score (nSPS) is 42.6. The molecule has 2 nitrogen and oxygen atoms in total. The minimum atomic E-state index is 0.742. The van der Waals surface area contributed by atoms with E-state index >= 15 is 0 Å². The van der Waals surface area contributed by atoms with Crippen molar-refractivity contribution < 1.29 is 0 Å². The van der Waals surface area contributed by atoms with Crippen molar-refractivity contribution in [1.82, 2.24) is 10.6 Å². The van der Waals surface area contributed by atoms with Gasteiger partial charge in [-0.25, -0.2) is 0 Å². The van der Waals surface area contributed by atoms with Gasteiger partial charge in [0.2, 0.25) is 0 Å². The van der Waals surface area contributed by atoms with Gasteiger partial charge in [-0.2, -0.15) is 0 Å². The first kappa shape index (κ1) is 16.3. The van der Waals surface area contributed by atoms with Gasteiger partial charge >= 0.3 is 0 Å². The maximum absolute atomic E-state index is 3.83. The molecule has 2 aliphatic carbocycles. The molecule has 118 valence electrons. The molecule has 2 N–H and O–H groups in total. The van der Waals surface area contributed by atoms with Crippen molar-refractivity contribution >= 4 is 0 Å². The fourth-order valence-electron chi connectivity index (χ4n) is 4.65. The van der Waals surface area contributed by atoms with Gasteiger partial charge in [0, 0.05) is 25.2 Å². The Bertz CT molecular complexity index is 231. The lowest BCUT2D eigenvalue weighted by atomic mass is 9.78. The van der Waals surface area contributed by atoms with Crippen molar-refractivity contribution in [3.05, 3.63) is 0 Å². The van der Waals surface area contributed by atoms with Crippen LogP contribution in [0.3, 0.4) is 0 Å². The predicted molar refractivity (Wildman–Crippen MR) is 87.9 cm³/mol. The van der Waals surface area contributed by atoms with Crippen LogP contribution in [0.1, 0.15) is 66.2 Å². The fourth-order valence-corrected chi connectivity index (χ4v) is 4.65. The van der Waals surface area contributed by atoms with Crippen molar-refractivity contribution in [2.45, 2.75) is 78.3 Å². The summed E-state index contributed by atoms with van der Waals surface area (Å²) in [5, 5.41) is 7.66. The highest BCUT2D eigenvalue weighted by Gasteiger charge is 2.28. The molecule has 0 saturated heterocycles. The zero-order chi connectivity index (χ0) is 14.5. The van der Waals surface area contributed by atoms with Crippen LogP contribution >= 0.6 is 0 Å². The molecule has 0 radical (unpaired) electrons. The van der Waals surface area contributed by atoms with E-state index in [-0.39, 0.29) is 0 Å². The van der Waals surface area contributed by atoms with Gasteiger partial charge in [0.05, 0.1) is 0 Å². The Kier molecular flexibility index (Phi) is 6.35. The van der Waals surface area contributed by atoms with Crippen molar-refractivity contribution in [2.24, 2.45) is 23.7 Å². The van der Waals surface area contributed by atoms with Crippen LogP contribution in [-0.4, -0.2) is 25.2 Å². The zero-order valence-electron chi connectivity index (χ0n) is 14.1. The van der Waals surface area contributed by atoms with E-state index in [0.29, 0.717) is 0 Å². The van der Waals surface area contributed by atoms with Gasteiger partial charge in [-0.15, -0.1) is 0 Å². The van der Waals surface area contributed by atoms with E-state index < -0.39 is 0 Å². The third-order valence-corrected chi connectivity index (χ3v) is 5.98. The molecule has 2 fully saturated rings. The molecular formula is C18H36N2. The third-order valence-electron chi connectivity index (χ3n) is 5.98. The van der Waals surface area contributed by atoms with Gasteiger partial charge in [0.25, 0.3) is 0 Å². The Balaban J connectivity index is 1.67. The van der Waals surface area contributed by atoms with Crippen LogP contribution in [-0.2, 0) is 0 Å². The molecule has 0 aliphatic heterocycles. The molecule has 0 heterocycles. The highest BCUT2D eigenvalue weighted by molar-refractivity contribution is 4.85. The Labute approximate surface area is 126 Å². The molecule has 0 aromatic rings. The largest absolute Gasteiger partial charge is 0.312 e. The molecule has 2 rings (SSSR count). The van der Waals surface area contributed by atoms with Crippen LogP contribution in [0.15, 0.2) is 0 Å². The van der Waals surface area contributed by atoms with E-state index in [1.165, 1.54) is 38.5 Å². The van der Waals surface area contributed by atoms with Gasteiger partial charge in [-0.05, 0) is 49.4 Å². The van der Waals surface area contributed by atoms with Gasteiger partial charge in [-0.1, -0.05) is 40.5 Å². The molecule has 4 atom stereocenters. The maximum atomic E-state index is 3.83. The first-order valence-electron chi connectivity index (χ1n) is 9.06. The summed E-state index contributed by atoms with van der Waals surface area (Å²) in [5.41, 5.74) is 0. The van der Waals surface area contributed by atoms with E-state index in [1.807, 2.05) is 0 Å². The van der Waals surface area contributed by atoms with Crippen molar-refractivity contribution in [1.29, 1.82) is 0 Å². The SMILES string of the molecule is CC1CCCC(C)C1NCCNC1C(C)CCCC1C. The zero-order valence-corrected chi connectivity index (χ0v) is 14.1. The van der Waals surface area contributed by atoms with Gasteiger partial charge in [0.1, 0.15) is 0 Å². The van der Waals surface area contributed by atoms with Gasteiger partial charge in [-0.3, -0.25) is 0 Å². The molecular weight excluding hydrogens is 244 g/mol. The maximum Gasteiger partial charge on any atom is 0.0119 e. The molecule has 2 aliphatic rings. The average molecular weight is 280 g/mol.